The van der Waals surface area contributed by atoms with E-state index in [9.17, 15) is 26.4 Å². The van der Waals surface area contributed by atoms with Crippen molar-refractivity contribution in [2.24, 2.45) is 5.41 Å². The number of nitrogens with zero attached hydrogens (tertiary/aromatic N) is 4. The molecule has 1 saturated carbocycles. The van der Waals surface area contributed by atoms with Crippen LogP contribution in [0, 0.1) is 5.41 Å². The van der Waals surface area contributed by atoms with E-state index in [0.717, 1.165) is 6.42 Å². The zero-order chi connectivity index (χ0) is 32.1. The zero-order valence-corrected chi connectivity index (χ0v) is 27.3. The number of alkyl halides is 3. The first-order valence-electron chi connectivity index (χ1n) is 14.6. The van der Waals surface area contributed by atoms with E-state index in [-0.39, 0.29) is 47.7 Å². The fraction of sp³-hybridized carbons (Fsp3) is 0.500. The normalized spacial score (nSPS) is 19.5. The Labute approximate surface area is 256 Å². The molecule has 2 fully saturated rings. The SMILES string of the molecule is CC1(C)C[C@H]([Si](C)(C)C)CN1c1nc(-n2ccc(OCCC3(C(F)(F)F)CC3)n2)ccc1C(=O)NS(=O)(=O)c1ccccc1. The summed E-state index contributed by atoms with van der Waals surface area (Å²) in [5, 5.41) is 4.36. The summed E-state index contributed by atoms with van der Waals surface area (Å²) in [6, 6.07) is 12.3. The summed E-state index contributed by atoms with van der Waals surface area (Å²) in [6.45, 7) is 11.6. The van der Waals surface area contributed by atoms with E-state index in [0.29, 0.717) is 23.7 Å². The van der Waals surface area contributed by atoms with Crippen LogP contribution in [0.5, 0.6) is 5.88 Å². The molecule has 3 aromatic rings. The van der Waals surface area contributed by atoms with Crippen molar-refractivity contribution >= 4 is 29.8 Å². The lowest BCUT2D eigenvalue weighted by molar-refractivity contribution is -0.190. The Hall–Kier alpha value is -3.39. The van der Waals surface area contributed by atoms with Gasteiger partial charge in [-0.15, -0.1) is 5.10 Å². The third-order valence-corrected chi connectivity index (χ3v) is 13.0. The van der Waals surface area contributed by atoms with E-state index in [1.54, 1.807) is 36.5 Å². The van der Waals surface area contributed by atoms with Crippen LogP contribution >= 0.6 is 0 Å². The summed E-state index contributed by atoms with van der Waals surface area (Å²) in [5.41, 5.74) is -1.53. The summed E-state index contributed by atoms with van der Waals surface area (Å²) in [4.78, 5) is 20.4. The van der Waals surface area contributed by atoms with Crippen molar-refractivity contribution in [3.8, 4) is 11.7 Å². The molecule has 14 heteroatoms. The van der Waals surface area contributed by atoms with Gasteiger partial charge in [-0.1, -0.05) is 37.8 Å². The lowest BCUT2D eigenvalue weighted by Crippen LogP contribution is -2.41. The van der Waals surface area contributed by atoms with Crippen LogP contribution in [-0.2, 0) is 10.0 Å². The molecule has 1 amide bonds. The van der Waals surface area contributed by atoms with Crippen molar-refractivity contribution in [3.05, 3.63) is 60.3 Å². The highest BCUT2D eigenvalue weighted by atomic mass is 32.2. The van der Waals surface area contributed by atoms with E-state index in [4.69, 9.17) is 9.72 Å². The number of anilines is 1. The molecule has 2 aliphatic rings. The van der Waals surface area contributed by atoms with Crippen LogP contribution < -0.4 is 14.4 Å². The molecule has 2 aromatic heterocycles. The number of carbonyl (C=O) groups excluding carboxylic acids is 1. The Kier molecular flexibility index (Phi) is 8.15. The van der Waals surface area contributed by atoms with Crippen molar-refractivity contribution < 1.29 is 31.1 Å². The monoisotopic (exact) mass is 649 g/mol. The first kappa shape index (κ1) is 32.0. The van der Waals surface area contributed by atoms with E-state index in [1.165, 1.54) is 22.9 Å². The van der Waals surface area contributed by atoms with Gasteiger partial charge in [-0.2, -0.15) is 13.2 Å². The number of carbonyl (C=O) groups is 1. The lowest BCUT2D eigenvalue weighted by atomic mass is 10.0. The lowest BCUT2D eigenvalue weighted by Gasteiger charge is -2.34. The molecule has 0 spiro atoms. The Morgan fingerprint density at radius 1 is 1.09 bits per heavy atom. The fourth-order valence-corrected chi connectivity index (χ4v) is 8.50. The number of nitrogens with one attached hydrogen (secondary N) is 1. The van der Waals surface area contributed by atoms with Gasteiger partial charge in [0.15, 0.2) is 5.82 Å². The number of ether oxygens (including phenoxy) is 1. The largest absolute Gasteiger partial charge is 0.477 e. The minimum Gasteiger partial charge on any atom is -0.477 e. The quantitative estimate of drug-likeness (QED) is 0.261. The van der Waals surface area contributed by atoms with Gasteiger partial charge in [0.05, 0.1) is 22.5 Å². The van der Waals surface area contributed by atoms with Crippen LogP contribution in [0.1, 0.15) is 49.9 Å². The summed E-state index contributed by atoms with van der Waals surface area (Å²) in [7, 11) is -5.73. The highest BCUT2D eigenvalue weighted by molar-refractivity contribution is 7.90. The molecule has 9 nitrogen and oxygen atoms in total. The maximum absolute atomic E-state index is 13.6. The van der Waals surface area contributed by atoms with E-state index >= 15 is 0 Å². The number of halogens is 3. The molecule has 44 heavy (non-hydrogen) atoms. The standard InChI is InChI=1S/C30H38F3N5O4SSi/c1-28(2)19-22(44(3,4)5)20-37(28)26-23(27(39)36-43(40,41)21-9-7-6-8-10-21)11-12-24(34-26)38-17-13-25(35-38)42-18-16-29(14-15-29)30(31,32)33/h6-13,17,22H,14-16,18-20H2,1-5H3,(H,36,39)/t22-/m0/s1. The fourth-order valence-electron chi connectivity index (χ4n) is 5.67. The number of sulfonamides is 1. The Morgan fingerprint density at radius 2 is 1.77 bits per heavy atom. The first-order chi connectivity index (χ1) is 20.4. The molecule has 1 aromatic carbocycles. The van der Waals surface area contributed by atoms with Gasteiger partial charge in [-0.05, 0) is 69.3 Å². The predicted molar refractivity (Wildman–Crippen MR) is 163 cm³/mol. The van der Waals surface area contributed by atoms with Gasteiger partial charge >= 0.3 is 6.18 Å². The van der Waals surface area contributed by atoms with E-state index < -0.39 is 35.6 Å². The van der Waals surface area contributed by atoms with Gasteiger partial charge in [0.25, 0.3) is 15.9 Å². The van der Waals surface area contributed by atoms with Crippen molar-refractivity contribution in [1.29, 1.82) is 0 Å². The predicted octanol–water partition coefficient (Wildman–Crippen LogP) is 6.19. The molecular weight excluding hydrogens is 612 g/mol. The van der Waals surface area contributed by atoms with Crippen LogP contribution in [0.4, 0.5) is 19.0 Å². The Morgan fingerprint density at radius 3 is 2.36 bits per heavy atom. The molecule has 1 aliphatic heterocycles. The van der Waals surface area contributed by atoms with Gasteiger partial charge in [-0.25, -0.2) is 22.8 Å². The first-order valence-corrected chi connectivity index (χ1v) is 19.6. The van der Waals surface area contributed by atoms with Crippen LogP contribution in [0.25, 0.3) is 5.82 Å². The molecule has 0 bridgehead atoms. The highest BCUT2D eigenvalue weighted by Gasteiger charge is 2.62. The molecule has 238 valence electrons. The molecule has 1 saturated heterocycles. The average molecular weight is 650 g/mol. The van der Waals surface area contributed by atoms with Crippen LogP contribution in [0.3, 0.4) is 0 Å². The van der Waals surface area contributed by atoms with Crippen molar-refractivity contribution in [2.45, 2.75) is 81.3 Å². The molecule has 1 atom stereocenters. The van der Waals surface area contributed by atoms with E-state index in [1.807, 2.05) is 0 Å². The molecular formula is C30H38F3N5O4SSi. The molecule has 3 heterocycles. The van der Waals surface area contributed by atoms with Crippen LogP contribution in [-0.4, -0.2) is 62.0 Å². The highest BCUT2D eigenvalue weighted by Crippen LogP contribution is 2.59. The van der Waals surface area contributed by atoms with Crippen molar-refractivity contribution in [3.63, 3.8) is 0 Å². The van der Waals surface area contributed by atoms with Crippen molar-refractivity contribution in [2.75, 3.05) is 18.1 Å². The molecule has 0 unspecified atom stereocenters. The summed E-state index contributed by atoms with van der Waals surface area (Å²) in [5.74, 6) is 0.0204. The summed E-state index contributed by atoms with van der Waals surface area (Å²) >= 11 is 0. The second kappa shape index (κ2) is 11.2. The van der Waals surface area contributed by atoms with Gasteiger partial charge < -0.3 is 9.64 Å². The molecule has 5 rings (SSSR count). The van der Waals surface area contributed by atoms with Gasteiger partial charge in [0.2, 0.25) is 5.88 Å². The Bertz CT molecular complexity index is 1630. The second-order valence-electron chi connectivity index (χ2n) is 13.5. The number of hydrogen-bond donors (Lipinski definition) is 1. The van der Waals surface area contributed by atoms with Crippen LogP contribution in [0.15, 0.2) is 59.6 Å². The Balaban J connectivity index is 1.44. The van der Waals surface area contributed by atoms with Gasteiger partial charge in [-0.3, -0.25) is 4.79 Å². The van der Waals surface area contributed by atoms with Gasteiger partial charge in [0, 0.05) is 32.4 Å². The maximum Gasteiger partial charge on any atom is 0.394 e. The third kappa shape index (κ3) is 6.51. The smallest absolute Gasteiger partial charge is 0.394 e. The molecule has 1 aliphatic carbocycles. The number of hydrogen-bond acceptors (Lipinski definition) is 7. The summed E-state index contributed by atoms with van der Waals surface area (Å²) in [6.07, 6.45) is -1.70. The zero-order valence-electron chi connectivity index (χ0n) is 25.5. The number of benzene rings is 1. The maximum atomic E-state index is 13.6. The molecule has 0 radical (unpaired) electrons. The number of rotatable bonds is 10. The minimum absolute atomic E-state index is 0.0355. The number of pyridine rings is 1. The number of aromatic nitrogens is 3. The molecule has 1 N–H and O–H groups in total. The second-order valence-corrected chi connectivity index (χ2v) is 20.7. The summed E-state index contributed by atoms with van der Waals surface area (Å²) < 4.78 is 75.0. The minimum atomic E-state index is -4.25. The van der Waals surface area contributed by atoms with Crippen LogP contribution in [0.2, 0.25) is 25.2 Å². The van der Waals surface area contributed by atoms with E-state index in [2.05, 4.69) is 48.2 Å². The van der Waals surface area contributed by atoms with Gasteiger partial charge in [0.1, 0.15) is 5.82 Å². The average Bonchev–Trinajstić information content (AvgIpc) is 3.46. The topological polar surface area (TPSA) is 106 Å². The number of amides is 1. The van der Waals surface area contributed by atoms with Crippen molar-refractivity contribution in [1.82, 2.24) is 19.5 Å². The third-order valence-electron chi connectivity index (χ3n) is 8.83.